The first-order valence-corrected chi connectivity index (χ1v) is 9.45. The average Bonchev–Trinajstić information content (AvgIpc) is 3.11. The summed E-state index contributed by atoms with van der Waals surface area (Å²) in [6.45, 7) is 2.42. The quantitative estimate of drug-likeness (QED) is 0.378. The minimum atomic E-state index is -0.728. The molecule has 0 spiro atoms. The normalized spacial score (nSPS) is 16.9. The average molecular weight is 444 g/mol. The van der Waals surface area contributed by atoms with Gasteiger partial charge < -0.3 is 9.94 Å². The molecule has 8 heteroatoms. The number of likely N-dealkylation sites (tertiary alicyclic amines) is 1. The molecular weight excluding hydrogens is 423 g/mol. The van der Waals surface area contributed by atoms with Crippen molar-refractivity contribution in [3.05, 3.63) is 58.1 Å². The standard InChI is InChI=1S/C20H20Cl2N2O3.ClH/c21-16-5-6-18(19(22)11-16)17-4-2-1-3-14(17)12-23-27-10-9-24-8-7-15(13-24)20(25)26;/h1-6,11-12,15H,7-10,13H2,(H,25,26);1H/b23-12+;. The molecule has 0 aliphatic carbocycles. The summed E-state index contributed by atoms with van der Waals surface area (Å²) in [5.74, 6) is -1.00. The first kappa shape index (κ1) is 22.5. The maximum atomic E-state index is 11.0. The summed E-state index contributed by atoms with van der Waals surface area (Å²) in [6.07, 6.45) is 2.35. The van der Waals surface area contributed by atoms with E-state index in [0.29, 0.717) is 36.2 Å². The predicted molar refractivity (Wildman–Crippen MR) is 115 cm³/mol. The van der Waals surface area contributed by atoms with Crippen LogP contribution in [-0.4, -0.2) is 48.4 Å². The molecule has 150 valence electrons. The molecular formula is C20H21Cl3N2O3. The topological polar surface area (TPSA) is 62.1 Å². The molecule has 0 aromatic heterocycles. The van der Waals surface area contributed by atoms with Crippen molar-refractivity contribution < 1.29 is 14.7 Å². The summed E-state index contributed by atoms with van der Waals surface area (Å²) in [4.78, 5) is 18.4. The Morgan fingerprint density at radius 3 is 2.75 bits per heavy atom. The van der Waals surface area contributed by atoms with Crippen LogP contribution < -0.4 is 0 Å². The Balaban J connectivity index is 0.00000280. The lowest BCUT2D eigenvalue weighted by Gasteiger charge is -2.13. The summed E-state index contributed by atoms with van der Waals surface area (Å²) < 4.78 is 0. The SMILES string of the molecule is Cl.O=C(O)C1CCN(CCO/N=C/c2ccccc2-c2ccc(Cl)cc2Cl)C1. The van der Waals surface area contributed by atoms with Crippen molar-refractivity contribution in [1.82, 2.24) is 4.90 Å². The Bertz CT molecular complexity index is 845. The molecule has 1 saturated heterocycles. The van der Waals surface area contributed by atoms with E-state index in [1.807, 2.05) is 30.3 Å². The summed E-state index contributed by atoms with van der Waals surface area (Å²) >= 11 is 12.3. The fraction of sp³-hybridized carbons (Fsp3) is 0.300. The molecule has 1 heterocycles. The highest BCUT2D eigenvalue weighted by Crippen LogP contribution is 2.31. The number of benzene rings is 2. The lowest BCUT2D eigenvalue weighted by atomic mass is 10.0. The number of carboxylic acids is 1. The number of carbonyl (C=O) groups is 1. The zero-order chi connectivity index (χ0) is 19.2. The van der Waals surface area contributed by atoms with Crippen LogP contribution in [-0.2, 0) is 9.63 Å². The molecule has 0 amide bonds. The molecule has 1 unspecified atom stereocenters. The van der Waals surface area contributed by atoms with Crippen LogP contribution in [0.4, 0.5) is 0 Å². The van der Waals surface area contributed by atoms with Crippen molar-refractivity contribution >= 4 is 47.8 Å². The monoisotopic (exact) mass is 442 g/mol. The van der Waals surface area contributed by atoms with Crippen molar-refractivity contribution in [2.45, 2.75) is 6.42 Å². The van der Waals surface area contributed by atoms with E-state index in [9.17, 15) is 4.79 Å². The van der Waals surface area contributed by atoms with Crippen LogP contribution >= 0.6 is 35.6 Å². The molecule has 28 heavy (non-hydrogen) atoms. The summed E-state index contributed by atoms with van der Waals surface area (Å²) in [7, 11) is 0. The molecule has 1 N–H and O–H groups in total. The zero-order valence-electron chi connectivity index (χ0n) is 15.1. The zero-order valence-corrected chi connectivity index (χ0v) is 17.4. The molecule has 3 rings (SSSR count). The Labute approximate surface area is 180 Å². The van der Waals surface area contributed by atoms with Gasteiger partial charge in [0.1, 0.15) is 6.61 Å². The third kappa shape index (κ3) is 5.85. The Morgan fingerprint density at radius 2 is 2.04 bits per heavy atom. The number of carboxylic acid groups (broad SMARTS) is 1. The number of oxime groups is 1. The Hall–Kier alpha value is -1.79. The van der Waals surface area contributed by atoms with Gasteiger partial charge in [0.05, 0.1) is 12.1 Å². The molecule has 1 aliphatic heterocycles. The van der Waals surface area contributed by atoms with E-state index < -0.39 is 5.97 Å². The Kier molecular flexibility index (Phi) is 8.58. The van der Waals surface area contributed by atoms with E-state index in [1.165, 1.54) is 0 Å². The largest absolute Gasteiger partial charge is 0.481 e. The van der Waals surface area contributed by atoms with Crippen LogP contribution in [0.5, 0.6) is 0 Å². The lowest BCUT2D eigenvalue weighted by molar-refractivity contribution is -0.141. The van der Waals surface area contributed by atoms with E-state index in [2.05, 4.69) is 10.1 Å². The van der Waals surface area contributed by atoms with Gasteiger partial charge in [-0.15, -0.1) is 12.4 Å². The fourth-order valence-corrected chi connectivity index (χ4v) is 3.63. The minimum absolute atomic E-state index is 0. The second kappa shape index (κ2) is 10.7. The Morgan fingerprint density at radius 1 is 1.25 bits per heavy atom. The van der Waals surface area contributed by atoms with Crippen LogP contribution in [0, 0.1) is 5.92 Å². The van der Waals surface area contributed by atoms with Crippen molar-refractivity contribution in [3.63, 3.8) is 0 Å². The number of rotatable bonds is 7. The van der Waals surface area contributed by atoms with Gasteiger partial charge in [0.2, 0.25) is 0 Å². The van der Waals surface area contributed by atoms with Gasteiger partial charge in [-0.3, -0.25) is 9.69 Å². The van der Waals surface area contributed by atoms with Crippen molar-refractivity contribution in [1.29, 1.82) is 0 Å². The van der Waals surface area contributed by atoms with Gasteiger partial charge in [0, 0.05) is 34.3 Å². The third-order valence-corrected chi connectivity index (χ3v) is 5.12. The molecule has 0 saturated carbocycles. The molecule has 1 atom stereocenters. The van der Waals surface area contributed by atoms with E-state index in [1.54, 1.807) is 18.3 Å². The molecule has 2 aromatic carbocycles. The van der Waals surface area contributed by atoms with Gasteiger partial charge in [-0.2, -0.15) is 0 Å². The van der Waals surface area contributed by atoms with Crippen molar-refractivity contribution in [2.24, 2.45) is 11.1 Å². The molecule has 0 bridgehead atoms. The van der Waals surface area contributed by atoms with Gasteiger partial charge in [0.15, 0.2) is 0 Å². The van der Waals surface area contributed by atoms with Crippen LogP contribution in [0.1, 0.15) is 12.0 Å². The van der Waals surface area contributed by atoms with Gasteiger partial charge in [-0.05, 0) is 30.7 Å². The van der Waals surface area contributed by atoms with Crippen LogP contribution in [0.3, 0.4) is 0 Å². The van der Waals surface area contributed by atoms with Crippen LogP contribution in [0.25, 0.3) is 11.1 Å². The van der Waals surface area contributed by atoms with Gasteiger partial charge in [0.25, 0.3) is 0 Å². The first-order chi connectivity index (χ1) is 13.0. The highest BCUT2D eigenvalue weighted by atomic mass is 35.5. The number of hydrogen-bond donors (Lipinski definition) is 1. The fourth-order valence-electron chi connectivity index (χ4n) is 3.12. The number of aliphatic carboxylic acids is 1. The molecule has 2 aromatic rings. The lowest BCUT2D eigenvalue weighted by Crippen LogP contribution is -2.26. The van der Waals surface area contributed by atoms with Crippen LogP contribution in [0.15, 0.2) is 47.6 Å². The summed E-state index contributed by atoms with van der Waals surface area (Å²) in [6, 6.07) is 13.1. The number of halogens is 3. The van der Waals surface area contributed by atoms with Gasteiger partial charge in [-0.25, -0.2) is 0 Å². The number of hydrogen-bond acceptors (Lipinski definition) is 4. The smallest absolute Gasteiger partial charge is 0.307 e. The van der Waals surface area contributed by atoms with E-state index >= 15 is 0 Å². The summed E-state index contributed by atoms with van der Waals surface area (Å²) in [5.41, 5.74) is 2.70. The van der Waals surface area contributed by atoms with Crippen molar-refractivity contribution in [2.75, 3.05) is 26.2 Å². The van der Waals surface area contributed by atoms with Crippen molar-refractivity contribution in [3.8, 4) is 11.1 Å². The van der Waals surface area contributed by atoms with Gasteiger partial charge >= 0.3 is 5.97 Å². The second-order valence-corrected chi connectivity index (χ2v) is 7.25. The number of nitrogens with zero attached hydrogens (tertiary/aromatic N) is 2. The highest BCUT2D eigenvalue weighted by Gasteiger charge is 2.27. The minimum Gasteiger partial charge on any atom is -0.481 e. The maximum absolute atomic E-state index is 11.0. The first-order valence-electron chi connectivity index (χ1n) is 8.69. The second-order valence-electron chi connectivity index (χ2n) is 6.40. The molecule has 1 fully saturated rings. The molecule has 1 aliphatic rings. The molecule has 0 radical (unpaired) electrons. The van der Waals surface area contributed by atoms with E-state index in [4.69, 9.17) is 33.1 Å². The summed E-state index contributed by atoms with van der Waals surface area (Å²) in [5, 5.41) is 14.2. The maximum Gasteiger partial charge on any atom is 0.307 e. The highest BCUT2D eigenvalue weighted by molar-refractivity contribution is 6.36. The van der Waals surface area contributed by atoms with E-state index in [-0.39, 0.29) is 18.3 Å². The third-order valence-electron chi connectivity index (χ3n) is 4.57. The van der Waals surface area contributed by atoms with E-state index in [0.717, 1.165) is 23.2 Å². The van der Waals surface area contributed by atoms with Crippen LogP contribution in [0.2, 0.25) is 10.0 Å². The molecule has 5 nitrogen and oxygen atoms in total. The van der Waals surface area contributed by atoms with Gasteiger partial charge in [-0.1, -0.05) is 58.7 Å². The predicted octanol–water partition coefficient (Wildman–Crippen LogP) is 4.84.